The first-order chi connectivity index (χ1) is 16.4. The molecule has 2 heterocycles. The predicted molar refractivity (Wildman–Crippen MR) is 133 cm³/mol. The van der Waals surface area contributed by atoms with Crippen molar-refractivity contribution in [2.75, 3.05) is 0 Å². The molecule has 0 spiro atoms. The van der Waals surface area contributed by atoms with Gasteiger partial charge in [0.15, 0.2) is 5.69 Å². The number of hydrazine groups is 1. The van der Waals surface area contributed by atoms with Gasteiger partial charge in [0.1, 0.15) is 0 Å². The summed E-state index contributed by atoms with van der Waals surface area (Å²) >= 11 is 1.45. The molecule has 8 nitrogen and oxygen atoms in total. The molecule has 4 rings (SSSR count). The van der Waals surface area contributed by atoms with Gasteiger partial charge < -0.3 is 0 Å². The molecule has 2 aromatic carbocycles. The highest BCUT2D eigenvalue weighted by atomic mass is 32.1. The van der Waals surface area contributed by atoms with Gasteiger partial charge in [0.05, 0.1) is 22.5 Å². The second-order valence-electron chi connectivity index (χ2n) is 7.97. The molecule has 2 N–H and O–H groups in total. The lowest BCUT2D eigenvalue weighted by Gasteiger charge is -2.11. The Morgan fingerprint density at radius 3 is 2.41 bits per heavy atom. The number of aryl methyl sites for hydroxylation is 3. The first kappa shape index (κ1) is 23.3. The van der Waals surface area contributed by atoms with Gasteiger partial charge in [0.2, 0.25) is 5.91 Å². The normalized spacial score (nSPS) is 10.9. The lowest BCUT2D eigenvalue weighted by atomic mass is 10.1. The first-order valence-corrected chi connectivity index (χ1v) is 11.8. The van der Waals surface area contributed by atoms with E-state index in [9.17, 15) is 14.4 Å². The third-order valence-corrected chi connectivity index (χ3v) is 6.25. The molecule has 0 saturated heterocycles. The minimum absolute atomic E-state index is 0.0680. The number of nitrogens with zero attached hydrogens (tertiary/aromatic N) is 3. The fourth-order valence-corrected chi connectivity index (χ4v) is 4.62. The highest BCUT2D eigenvalue weighted by molar-refractivity contribution is 7.12. The minimum atomic E-state index is -0.589. The van der Waals surface area contributed by atoms with E-state index in [4.69, 9.17) is 0 Å². The van der Waals surface area contributed by atoms with Crippen LogP contribution in [0, 0.1) is 13.8 Å². The summed E-state index contributed by atoms with van der Waals surface area (Å²) in [6.45, 7) is 6.23. The van der Waals surface area contributed by atoms with Crippen molar-refractivity contribution in [2.45, 2.75) is 40.2 Å². The second-order valence-corrected chi connectivity index (χ2v) is 9.26. The third kappa shape index (κ3) is 4.89. The fourth-order valence-electron chi connectivity index (χ4n) is 3.67. The van der Waals surface area contributed by atoms with E-state index in [1.165, 1.54) is 16.0 Å². The van der Waals surface area contributed by atoms with Gasteiger partial charge in [-0.3, -0.25) is 25.2 Å². The van der Waals surface area contributed by atoms with E-state index in [1.807, 2.05) is 45.0 Å². The summed E-state index contributed by atoms with van der Waals surface area (Å²) < 4.78 is 1.28. The Morgan fingerprint density at radius 1 is 1.00 bits per heavy atom. The first-order valence-electron chi connectivity index (χ1n) is 11.0. The van der Waals surface area contributed by atoms with E-state index in [2.05, 4.69) is 20.9 Å². The van der Waals surface area contributed by atoms with Crippen LogP contribution in [0.25, 0.3) is 22.0 Å². The van der Waals surface area contributed by atoms with E-state index >= 15 is 0 Å². The number of hydrogen-bond donors (Lipinski definition) is 2. The number of fused-ring (bicyclic) bond motifs is 1. The van der Waals surface area contributed by atoms with Crippen molar-refractivity contribution >= 4 is 33.9 Å². The molecule has 0 atom stereocenters. The number of amides is 2. The van der Waals surface area contributed by atoms with Gasteiger partial charge in [-0.2, -0.15) is 5.10 Å². The standard InChI is InChI=1S/C25H25N5O3S/c1-4-13-30-25(33)19-8-6-5-7-18(19)23(29-30)24(32)28-27-21(31)14-20-22(26-16(3)34-20)17-11-9-15(2)10-12-17/h5-12H,4,13-14H2,1-3H3,(H,27,31)(H,28,32). The third-order valence-electron chi connectivity index (χ3n) is 5.28. The van der Waals surface area contributed by atoms with Crippen molar-refractivity contribution < 1.29 is 9.59 Å². The Kier molecular flexibility index (Phi) is 6.83. The van der Waals surface area contributed by atoms with Crippen LogP contribution in [0.5, 0.6) is 0 Å². The number of benzene rings is 2. The summed E-state index contributed by atoms with van der Waals surface area (Å²) in [6.07, 6.45) is 0.763. The van der Waals surface area contributed by atoms with Crippen LogP contribution in [0.4, 0.5) is 0 Å². The van der Waals surface area contributed by atoms with Crippen LogP contribution in [-0.2, 0) is 17.8 Å². The molecule has 0 bridgehead atoms. The molecule has 2 amide bonds. The minimum Gasteiger partial charge on any atom is -0.273 e. The lowest BCUT2D eigenvalue weighted by molar-refractivity contribution is -0.121. The smallest absolute Gasteiger partial charge is 0.273 e. The molecule has 4 aromatic rings. The van der Waals surface area contributed by atoms with Crippen molar-refractivity contribution in [2.24, 2.45) is 0 Å². The van der Waals surface area contributed by atoms with Crippen LogP contribution in [0.1, 0.15) is 39.3 Å². The Morgan fingerprint density at radius 2 is 1.71 bits per heavy atom. The Balaban J connectivity index is 1.51. The Bertz CT molecular complexity index is 1420. The lowest BCUT2D eigenvalue weighted by Crippen LogP contribution is -2.43. The van der Waals surface area contributed by atoms with Crippen LogP contribution in [0.3, 0.4) is 0 Å². The summed E-state index contributed by atoms with van der Waals surface area (Å²) in [7, 11) is 0. The summed E-state index contributed by atoms with van der Waals surface area (Å²) in [6, 6.07) is 14.8. The Labute approximate surface area is 200 Å². The average Bonchev–Trinajstić information content (AvgIpc) is 3.19. The van der Waals surface area contributed by atoms with Gasteiger partial charge >= 0.3 is 0 Å². The van der Waals surface area contributed by atoms with Crippen LogP contribution >= 0.6 is 11.3 Å². The highest BCUT2D eigenvalue weighted by Gasteiger charge is 2.19. The summed E-state index contributed by atoms with van der Waals surface area (Å²) in [4.78, 5) is 43.6. The number of nitrogens with one attached hydrogen (secondary N) is 2. The van der Waals surface area contributed by atoms with E-state index in [0.29, 0.717) is 23.7 Å². The molecule has 0 fully saturated rings. The molecular weight excluding hydrogens is 450 g/mol. The van der Waals surface area contributed by atoms with E-state index in [-0.39, 0.29) is 23.6 Å². The molecule has 0 aliphatic carbocycles. The Hall–Kier alpha value is -3.85. The maximum Gasteiger partial charge on any atom is 0.290 e. The van der Waals surface area contributed by atoms with Crippen molar-refractivity contribution in [3.05, 3.63) is 80.0 Å². The number of aromatic nitrogens is 3. The topological polar surface area (TPSA) is 106 Å². The van der Waals surface area contributed by atoms with Crippen molar-refractivity contribution in [3.8, 4) is 11.3 Å². The maximum atomic E-state index is 12.9. The molecule has 0 radical (unpaired) electrons. The molecule has 0 aliphatic rings. The predicted octanol–water partition coefficient (Wildman–Crippen LogP) is 3.55. The van der Waals surface area contributed by atoms with Gasteiger partial charge in [-0.25, -0.2) is 9.67 Å². The van der Waals surface area contributed by atoms with E-state index in [1.54, 1.807) is 24.3 Å². The molecule has 0 saturated carbocycles. The zero-order valence-electron chi connectivity index (χ0n) is 19.2. The van der Waals surface area contributed by atoms with Crippen molar-refractivity contribution in [1.82, 2.24) is 25.6 Å². The fraction of sp³-hybridized carbons (Fsp3) is 0.240. The molecule has 34 heavy (non-hydrogen) atoms. The monoisotopic (exact) mass is 475 g/mol. The zero-order valence-corrected chi connectivity index (χ0v) is 20.0. The van der Waals surface area contributed by atoms with Crippen molar-refractivity contribution in [1.29, 1.82) is 0 Å². The van der Waals surface area contributed by atoms with Crippen molar-refractivity contribution in [3.63, 3.8) is 0 Å². The molecule has 2 aromatic heterocycles. The number of carbonyl (C=O) groups is 2. The van der Waals surface area contributed by atoms with Crippen LogP contribution in [-0.4, -0.2) is 26.6 Å². The average molecular weight is 476 g/mol. The second kappa shape index (κ2) is 9.96. The molecule has 0 unspecified atom stereocenters. The molecule has 174 valence electrons. The van der Waals surface area contributed by atoms with Gasteiger partial charge in [-0.1, -0.05) is 55.0 Å². The van der Waals surface area contributed by atoms with Crippen LogP contribution in [0.2, 0.25) is 0 Å². The number of hydrogen-bond acceptors (Lipinski definition) is 6. The largest absolute Gasteiger partial charge is 0.290 e. The van der Waals surface area contributed by atoms with E-state index in [0.717, 1.165) is 26.7 Å². The summed E-state index contributed by atoms with van der Waals surface area (Å²) in [5.74, 6) is -0.967. The van der Waals surface area contributed by atoms with Crippen LogP contribution < -0.4 is 16.4 Å². The highest BCUT2D eigenvalue weighted by Crippen LogP contribution is 2.28. The van der Waals surface area contributed by atoms with Gasteiger partial charge in [0.25, 0.3) is 11.5 Å². The van der Waals surface area contributed by atoms with Crippen LogP contribution in [0.15, 0.2) is 53.3 Å². The number of thiazole rings is 1. The van der Waals surface area contributed by atoms with Gasteiger partial charge in [-0.05, 0) is 26.3 Å². The van der Waals surface area contributed by atoms with E-state index < -0.39 is 5.91 Å². The molecule has 9 heteroatoms. The maximum absolute atomic E-state index is 12.9. The number of carbonyl (C=O) groups excluding carboxylic acids is 2. The quantitative estimate of drug-likeness (QED) is 0.415. The summed E-state index contributed by atoms with van der Waals surface area (Å²) in [5.41, 5.74) is 7.60. The SMILES string of the molecule is CCCn1nc(C(=O)NNC(=O)Cc2sc(C)nc2-c2ccc(C)cc2)c2ccccc2c1=O. The zero-order chi connectivity index (χ0) is 24.2. The number of rotatable bonds is 6. The summed E-state index contributed by atoms with van der Waals surface area (Å²) in [5, 5.41) is 5.95. The molecular formula is C25H25N5O3S. The van der Waals surface area contributed by atoms with Gasteiger partial charge in [0, 0.05) is 22.4 Å². The van der Waals surface area contributed by atoms with Gasteiger partial charge in [-0.15, -0.1) is 11.3 Å². The molecule has 0 aliphatic heterocycles.